The van der Waals surface area contributed by atoms with Crippen LogP contribution < -0.4 is 10.5 Å². The van der Waals surface area contributed by atoms with Crippen molar-refractivity contribution in [2.75, 3.05) is 13.7 Å². The van der Waals surface area contributed by atoms with Crippen LogP contribution in [0.3, 0.4) is 0 Å². The van der Waals surface area contributed by atoms with Crippen LogP contribution in [0.25, 0.3) is 0 Å². The van der Waals surface area contributed by atoms with E-state index < -0.39 is 10.0 Å². The third-order valence-electron chi connectivity index (χ3n) is 2.65. The Hall–Kier alpha value is -0.950. The quantitative estimate of drug-likeness (QED) is 0.771. The molecule has 0 amide bonds. The van der Waals surface area contributed by atoms with Crippen molar-refractivity contribution in [3.8, 4) is 0 Å². The number of hydrogen-bond acceptors (Lipinski definition) is 4. The predicted molar refractivity (Wildman–Crippen MR) is 70.6 cm³/mol. The standard InChI is InChI=1S/C12H20N2O3S/c1-3-11(9-17-2)14-18(15,16)12-6-4-10(8-13)5-7-12/h4-7,11,14H,3,8-9,13H2,1-2H3. The summed E-state index contributed by atoms with van der Waals surface area (Å²) >= 11 is 0. The fraction of sp³-hybridized carbons (Fsp3) is 0.500. The first-order valence-corrected chi connectivity index (χ1v) is 7.32. The number of ether oxygens (including phenoxy) is 1. The van der Waals surface area contributed by atoms with Gasteiger partial charge in [0.2, 0.25) is 10.0 Å². The van der Waals surface area contributed by atoms with Gasteiger partial charge in [-0.1, -0.05) is 19.1 Å². The number of nitrogens with two attached hydrogens (primary N) is 1. The molecule has 0 spiro atoms. The Balaban J connectivity index is 2.84. The normalized spacial score (nSPS) is 13.5. The van der Waals surface area contributed by atoms with Gasteiger partial charge in [-0.2, -0.15) is 0 Å². The van der Waals surface area contributed by atoms with Crippen LogP contribution in [0, 0.1) is 0 Å². The summed E-state index contributed by atoms with van der Waals surface area (Å²) in [5.74, 6) is 0. The van der Waals surface area contributed by atoms with E-state index in [2.05, 4.69) is 4.72 Å². The number of benzene rings is 1. The van der Waals surface area contributed by atoms with E-state index in [1.54, 1.807) is 31.4 Å². The van der Waals surface area contributed by atoms with Gasteiger partial charge in [0.1, 0.15) is 0 Å². The van der Waals surface area contributed by atoms with Crippen molar-refractivity contribution in [3.05, 3.63) is 29.8 Å². The second-order valence-corrected chi connectivity index (χ2v) is 5.74. The minimum absolute atomic E-state index is 0.214. The lowest BCUT2D eigenvalue weighted by atomic mass is 10.2. The summed E-state index contributed by atoms with van der Waals surface area (Å²) in [4.78, 5) is 0.245. The van der Waals surface area contributed by atoms with E-state index in [1.165, 1.54) is 0 Å². The maximum absolute atomic E-state index is 12.1. The van der Waals surface area contributed by atoms with Gasteiger partial charge in [0.05, 0.1) is 11.5 Å². The molecular weight excluding hydrogens is 252 g/mol. The fourth-order valence-corrected chi connectivity index (χ4v) is 2.83. The number of nitrogens with one attached hydrogen (secondary N) is 1. The first-order chi connectivity index (χ1) is 8.53. The number of rotatable bonds is 7. The Morgan fingerprint density at radius 2 is 1.94 bits per heavy atom. The highest BCUT2D eigenvalue weighted by Crippen LogP contribution is 2.11. The van der Waals surface area contributed by atoms with Crippen LogP contribution in [0.15, 0.2) is 29.2 Å². The molecule has 0 aliphatic rings. The molecule has 1 aromatic carbocycles. The summed E-state index contributed by atoms with van der Waals surface area (Å²) in [5, 5.41) is 0. The van der Waals surface area contributed by atoms with Gasteiger partial charge in [0.15, 0.2) is 0 Å². The van der Waals surface area contributed by atoms with Gasteiger partial charge in [-0.05, 0) is 24.1 Å². The third kappa shape index (κ3) is 4.06. The van der Waals surface area contributed by atoms with Crippen molar-refractivity contribution >= 4 is 10.0 Å². The Morgan fingerprint density at radius 3 is 2.39 bits per heavy atom. The Labute approximate surface area is 108 Å². The average Bonchev–Trinajstić information content (AvgIpc) is 2.38. The second-order valence-electron chi connectivity index (χ2n) is 4.03. The third-order valence-corrected chi connectivity index (χ3v) is 4.19. The molecule has 0 saturated heterocycles. The molecule has 0 radical (unpaired) electrons. The molecule has 0 aliphatic carbocycles. The van der Waals surface area contributed by atoms with E-state index in [-0.39, 0.29) is 10.9 Å². The molecule has 6 heteroatoms. The van der Waals surface area contributed by atoms with Gasteiger partial charge >= 0.3 is 0 Å². The molecule has 0 saturated carbocycles. The van der Waals surface area contributed by atoms with Gasteiger partial charge in [-0.25, -0.2) is 13.1 Å². The zero-order valence-corrected chi connectivity index (χ0v) is 11.5. The molecule has 3 N–H and O–H groups in total. The van der Waals surface area contributed by atoms with Crippen LogP contribution >= 0.6 is 0 Å². The van der Waals surface area contributed by atoms with Crippen molar-refractivity contribution in [2.24, 2.45) is 5.73 Å². The monoisotopic (exact) mass is 272 g/mol. The fourth-order valence-electron chi connectivity index (χ4n) is 1.53. The highest BCUT2D eigenvalue weighted by molar-refractivity contribution is 7.89. The smallest absolute Gasteiger partial charge is 0.240 e. The van der Waals surface area contributed by atoms with Crippen LogP contribution in [-0.2, 0) is 21.3 Å². The summed E-state index contributed by atoms with van der Waals surface area (Å²) in [5.41, 5.74) is 6.37. The first kappa shape index (κ1) is 15.1. The largest absolute Gasteiger partial charge is 0.383 e. The molecule has 5 nitrogen and oxygen atoms in total. The van der Waals surface area contributed by atoms with Gasteiger partial charge in [0, 0.05) is 19.7 Å². The highest BCUT2D eigenvalue weighted by Gasteiger charge is 2.18. The van der Waals surface area contributed by atoms with Crippen molar-refractivity contribution in [1.82, 2.24) is 4.72 Å². The summed E-state index contributed by atoms with van der Waals surface area (Å²) in [6, 6.07) is 6.33. The molecule has 1 aromatic rings. The lowest BCUT2D eigenvalue weighted by molar-refractivity contribution is 0.173. The molecule has 102 valence electrons. The Bertz CT molecular complexity index is 457. The van der Waals surface area contributed by atoms with Crippen LogP contribution in [0.5, 0.6) is 0 Å². The minimum atomic E-state index is -3.49. The summed E-state index contributed by atoms with van der Waals surface area (Å²) in [6.07, 6.45) is 0.675. The van der Waals surface area contributed by atoms with E-state index >= 15 is 0 Å². The van der Waals surface area contributed by atoms with E-state index in [0.29, 0.717) is 19.6 Å². The van der Waals surface area contributed by atoms with Gasteiger partial charge in [-0.15, -0.1) is 0 Å². The van der Waals surface area contributed by atoms with Crippen molar-refractivity contribution in [2.45, 2.75) is 30.8 Å². The Kier molecular flexibility index (Phi) is 5.74. The molecule has 0 aromatic heterocycles. The van der Waals surface area contributed by atoms with Crippen LogP contribution in [-0.4, -0.2) is 28.2 Å². The highest BCUT2D eigenvalue weighted by atomic mass is 32.2. The summed E-state index contributed by atoms with van der Waals surface area (Å²) in [7, 11) is -1.94. The first-order valence-electron chi connectivity index (χ1n) is 5.83. The zero-order valence-electron chi connectivity index (χ0n) is 10.7. The summed E-state index contributed by atoms with van der Waals surface area (Å²) < 4.78 is 31.7. The molecule has 18 heavy (non-hydrogen) atoms. The van der Waals surface area contributed by atoms with Crippen molar-refractivity contribution in [1.29, 1.82) is 0 Å². The minimum Gasteiger partial charge on any atom is -0.383 e. The average molecular weight is 272 g/mol. The molecular formula is C12H20N2O3S. The maximum Gasteiger partial charge on any atom is 0.240 e. The molecule has 1 rings (SSSR count). The van der Waals surface area contributed by atoms with E-state index in [4.69, 9.17) is 10.5 Å². The molecule has 0 bridgehead atoms. The second kappa shape index (κ2) is 6.84. The maximum atomic E-state index is 12.1. The van der Waals surface area contributed by atoms with E-state index in [0.717, 1.165) is 5.56 Å². The summed E-state index contributed by atoms with van der Waals surface area (Å²) in [6.45, 7) is 2.66. The van der Waals surface area contributed by atoms with E-state index in [9.17, 15) is 8.42 Å². The van der Waals surface area contributed by atoms with E-state index in [1.807, 2.05) is 6.92 Å². The van der Waals surface area contributed by atoms with Crippen LogP contribution in [0.4, 0.5) is 0 Å². The molecule has 1 atom stereocenters. The lowest BCUT2D eigenvalue weighted by Gasteiger charge is -2.16. The molecule has 1 unspecified atom stereocenters. The topological polar surface area (TPSA) is 81.4 Å². The molecule has 0 fully saturated rings. The number of hydrogen-bond donors (Lipinski definition) is 2. The number of sulfonamides is 1. The van der Waals surface area contributed by atoms with Crippen LogP contribution in [0.2, 0.25) is 0 Å². The van der Waals surface area contributed by atoms with Crippen LogP contribution in [0.1, 0.15) is 18.9 Å². The SMILES string of the molecule is CCC(COC)NS(=O)(=O)c1ccc(CN)cc1. The zero-order chi connectivity index (χ0) is 13.6. The predicted octanol–water partition coefficient (Wildman–Crippen LogP) is 0.849. The van der Waals surface area contributed by atoms with Gasteiger partial charge in [0.25, 0.3) is 0 Å². The van der Waals surface area contributed by atoms with Crippen molar-refractivity contribution < 1.29 is 13.2 Å². The molecule has 0 heterocycles. The van der Waals surface area contributed by atoms with Gasteiger partial charge in [-0.3, -0.25) is 0 Å². The van der Waals surface area contributed by atoms with Crippen molar-refractivity contribution in [3.63, 3.8) is 0 Å². The molecule has 0 aliphatic heterocycles. The number of methoxy groups -OCH3 is 1. The lowest BCUT2D eigenvalue weighted by Crippen LogP contribution is -2.37. The Morgan fingerprint density at radius 1 is 1.33 bits per heavy atom. The van der Waals surface area contributed by atoms with Gasteiger partial charge < -0.3 is 10.5 Å².